The van der Waals surface area contributed by atoms with Crippen LogP contribution >= 0.6 is 0 Å². The quantitative estimate of drug-likeness (QED) is 0.625. The number of hydrogen-bond donors (Lipinski definition) is 1. The van der Waals surface area contributed by atoms with Gasteiger partial charge in [0.05, 0.1) is 27.9 Å². The molecule has 4 nitrogen and oxygen atoms in total. The van der Waals surface area contributed by atoms with E-state index in [1.165, 1.54) is 18.2 Å². The summed E-state index contributed by atoms with van der Waals surface area (Å²) < 4.78 is 40.3. The van der Waals surface area contributed by atoms with Crippen LogP contribution in [0, 0.1) is 13.8 Å². The normalized spacial score (nSPS) is 16.5. The Labute approximate surface area is 178 Å². The second kappa shape index (κ2) is 7.64. The summed E-state index contributed by atoms with van der Waals surface area (Å²) in [5.74, 6) is -0.223. The molecule has 2 heterocycles. The number of piperidine rings is 1. The summed E-state index contributed by atoms with van der Waals surface area (Å²) in [5, 5.41) is 11.9. The number of aliphatic hydroxyl groups is 1. The molecule has 0 aliphatic carbocycles. The number of rotatable bonds is 2. The first-order valence-electron chi connectivity index (χ1n) is 10.1. The molecule has 3 aromatic rings. The summed E-state index contributed by atoms with van der Waals surface area (Å²) in [6.07, 6.45) is -4.48. The number of alkyl halides is 3. The first-order valence-corrected chi connectivity index (χ1v) is 10.1. The molecule has 0 bridgehead atoms. The molecule has 0 radical (unpaired) electrons. The van der Waals surface area contributed by atoms with Crippen LogP contribution in [0.15, 0.2) is 48.5 Å². The minimum atomic E-state index is -4.55. The second-order valence-corrected chi connectivity index (χ2v) is 8.18. The summed E-state index contributed by atoms with van der Waals surface area (Å²) in [5.41, 5.74) is 0.343. The molecule has 2 aromatic carbocycles. The lowest BCUT2D eigenvalue weighted by Crippen LogP contribution is -2.46. The first kappa shape index (κ1) is 21.3. The minimum absolute atomic E-state index is 0.0327. The van der Waals surface area contributed by atoms with Gasteiger partial charge in [-0.1, -0.05) is 29.8 Å². The highest BCUT2D eigenvalue weighted by Gasteiger charge is 2.42. The Morgan fingerprint density at radius 1 is 1.06 bits per heavy atom. The SMILES string of the molecule is Cc1ccc2nc(C)c(C(=O)N3CCC(O)(c4ccccc4C(F)(F)F)CC3)cc2c1. The Morgan fingerprint density at radius 2 is 1.74 bits per heavy atom. The van der Waals surface area contributed by atoms with Crippen molar-refractivity contribution < 1.29 is 23.1 Å². The summed E-state index contributed by atoms with van der Waals surface area (Å²) in [7, 11) is 0. The van der Waals surface area contributed by atoms with Crippen LogP contribution in [-0.4, -0.2) is 34.0 Å². The third kappa shape index (κ3) is 4.02. The van der Waals surface area contributed by atoms with Crippen LogP contribution in [0.1, 0.15) is 45.6 Å². The van der Waals surface area contributed by atoms with Gasteiger partial charge in [-0.15, -0.1) is 0 Å². The van der Waals surface area contributed by atoms with Crippen molar-refractivity contribution in [2.75, 3.05) is 13.1 Å². The number of amides is 1. The maximum absolute atomic E-state index is 13.4. The fourth-order valence-corrected chi connectivity index (χ4v) is 4.26. The Hall–Kier alpha value is -2.93. The Bertz CT molecular complexity index is 1150. The van der Waals surface area contributed by atoms with E-state index in [0.29, 0.717) is 11.3 Å². The van der Waals surface area contributed by atoms with Crippen molar-refractivity contribution in [2.45, 2.75) is 38.5 Å². The third-order valence-corrected chi connectivity index (χ3v) is 6.00. The smallest absolute Gasteiger partial charge is 0.385 e. The molecule has 1 aromatic heterocycles. The maximum atomic E-state index is 13.4. The number of carbonyl (C=O) groups excluding carboxylic acids is 1. The van der Waals surface area contributed by atoms with E-state index in [1.807, 2.05) is 31.2 Å². The van der Waals surface area contributed by atoms with Gasteiger partial charge in [0, 0.05) is 18.5 Å². The number of pyridine rings is 1. The molecule has 162 valence electrons. The largest absolute Gasteiger partial charge is 0.416 e. The van der Waals surface area contributed by atoms with E-state index < -0.39 is 17.3 Å². The zero-order valence-electron chi connectivity index (χ0n) is 17.3. The minimum Gasteiger partial charge on any atom is -0.385 e. The van der Waals surface area contributed by atoms with E-state index in [-0.39, 0.29) is 37.4 Å². The molecular formula is C24H23F3N2O2. The maximum Gasteiger partial charge on any atom is 0.416 e. The average molecular weight is 428 g/mol. The van der Waals surface area contributed by atoms with E-state index in [4.69, 9.17) is 0 Å². The molecule has 0 unspecified atom stereocenters. The van der Waals surface area contributed by atoms with E-state index >= 15 is 0 Å². The summed E-state index contributed by atoms with van der Waals surface area (Å²) >= 11 is 0. The average Bonchev–Trinajstić information content (AvgIpc) is 2.73. The number of carbonyl (C=O) groups is 1. The molecule has 1 aliphatic rings. The molecule has 1 saturated heterocycles. The number of nitrogens with zero attached hydrogens (tertiary/aromatic N) is 2. The van der Waals surface area contributed by atoms with E-state index in [0.717, 1.165) is 22.5 Å². The van der Waals surface area contributed by atoms with Gasteiger partial charge in [0.2, 0.25) is 0 Å². The molecule has 31 heavy (non-hydrogen) atoms. The van der Waals surface area contributed by atoms with Gasteiger partial charge in [-0.3, -0.25) is 9.78 Å². The van der Waals surface area contributed by atoms with Crippen LogP contribution in [0.4, 0.5) is 13.2 Å². The Morgan fingerprint density at radius 3 is 2.42 bits per heavy atom. The van der Waals surface area contributed by atoms with Crippen LogP contribution in [0.2, 0.25) is 0 Å². The van der Waals surface area contributed by atoms with Crippen molar-refractivity contribution in [1.82, 2.24) is 9.88 Å². The fourth-order valence-electron chi connectivity index (χ4n) is 4.26. The molecule has 0 spiro atoms. The molecule has 1 aliphatic heterocycles. The van der Waals surface area contributed by atoms with E-state index in [9.17, 15) is 23.1 Å². The molecule has 1 N–H and O–H groups in total. The molecule has 1 fully saturated rings. The predicted octanol–water partition coefficient (Wildman–Crippen LogP) is 4.99. The van der Waals surface area contributed by atoms with Gasteiger partial charge < -0.3 is 10.0 Å². The van der Waals surface area contributed by atoms with Gasteiger partial charge in [-0.05, 0) is 56.5 Å². The topological polar surface area (TPSA) is 53.4 Å². The second-order valence-electron chi connectivity index (χ2n) is 8.18. The van der Waals surface area contributed by atoms with Crippen molar-refractivity contribution in [3.8, 4) is 0 Å². The number of fused-ring (bicyclic) bond motifs is 1. The standard InChI is InChI=1S/C24H23F3N2O2/c1-15-7-8-21-17(13-15)14-18(16(2)28-21)22(30)29-11-9-23(31,10-12-29)19-5-3-4-6-20(19)24(25,26)27/h3-8,13-14,31H,9-12H2,1-2H3. The van der Waals surface area contributed by atoms with Gasteiger partial charge in [0.15, 0.2) is 0 Å². The molecule has 1 amide bonds. The lowest BCUT2D eigenvalue weighted by atomic mass is 9.81. The van der Waals surface area contributed by atoms with Crippen LogP contribution in [0.5, 0.6) is 0 Å². The zero-order valence-corrected chi connectivity index (χ0v) is 17.3. The van der Waals surface area contributed by atoms with Gasteiger partial charge in [-0.2, -0.15) is 13.2 Å². The van der Waals surface area contributed by atoms with E-state index in [1.54, 1.807) is 11.8 Å². The predicted molar refractivity (Wildman–Crippen MR) is 112 cm³/mol. The van der Waals surface area contributed by atoms with Crippen molar-refractivity contribution in [1.29, 1.82) is 0 Å². The number of likely N-dealkylation sites (tertiary alicyclic amines) is 1. The molecule has 0 atom stereocenters. The Balaban J connectivity index is 1.58. The lowest BCUT2D eigenvalue weighted by molar-refractivity contribution is -0.141. The first-order chi connectivity index (χ1) is 14.6. The highest BCUT2D eigenvalue weighted by molar-refractivity contribution is 5.98. The monoisotopic (exact) mass is 428 g/mol. The molecular weight excluding hydrogens is 405 g/mol. The highest BCUT2D eigenvalue weighted by atomic mass is 19.4. The van der Waals surface area contributed by atoms with Crippen LogP contribution in [-0.2, 0) is 11.8 Å². The Kier molecular flexibility index (Phi) is 5.25. The van der Waals surface area contributed by atoms with Crippen molar-refractivity contribution in [3.05, 3.63) is 76.5 Å². The van der Waals surface area contributed by atoms with Crippen molar-refractivity contribution in [3.63, 3.8) is 0 Å². The van der Waals surface area contributed by atoms with Gasteiger partial charge >= 0.3 is 6.18 Å². The number of benzene rings is 2. The number of hydrogen-bond acceptors (Lipinski definition) is 3. The third-order valence-electron chi connectivity index (χ3n) is 6.00. The van der Waals surface area contributed by atoms with Gasteiger partial charge in [0.1, 0.15) is 0 Å². The summed E-state index contributed by atoms with van der Waals surface area (Å²) in [6, 6.07) is 12.7. The molecule has 7 heteroatoms. The summed E-state index contributed by atoms with van der Waals surface area (Å²) in [6.45, 7) is 4.05. The van der Waals surface area contributed by atoms with Crippen LogP contribution < -0.4 is 0 Å². The van der Waals surface area contributed by atoms with E-state index in [2.05, 4.69) is 4.98 Å². The van der Waals surface area contributed by atoms with Crippen molar-refractivity contribution >= 4 is 16.8 Å². The summed E-state index contributed by atoms with van der Waals surface area (Å²) in [4.78, 5) is 19.3. The lowest BCUT2D eigenvalue weighted by Gasteiger charge is -2.39. The van der Waals surface area contributed by atoms with Gasteiger partial charge in [-0.25, -0.2) is 0 Å². The van der Waals surface area contributed by atoms with Crippen molar-refractivity contribution in [2.24, 2.45) is 0 Å². The zero-order chi connectivity index (χ0) is 22.4. The molecule has 4 rings (SSSR count). The molecule has 0 saturated carbocycles. The highest BCUT2D eigenvalue weighted by Crippen LogP contribution is 2.41. The van der Waals surface area contributed by atoms with Crippen LogP contribution in [0.3, 0.4) is 0 Å². The van der Waals surface area contributed by atoms with Gasteiger partial charge in [0.25, 0.3) is 5.91 Å². The number of aromatic nitrogens is 1. The number of aryl methyl sites for hydroxylation is 2. The van der Waals surface area contributed by atoms with Crippen LogP contribution in [0.25, 0.3) is 10.9 Å². The number of halogens is 3. The fraction of sp³-hybridized carbons (Fsp3) is 0.333.